The molecule has 0 spiro atoms. The molecule has 1 aromatic rings. The highest BCUT2D eigenvalue weighted by Gasteiger charge is 2.34. The van der Waals surface area contributed by atoms with Crippen molar-refractivity contribution in [3.05, 3.63) is 35.9 Å². The predicted molar refractivity (Wildman–Crippen MR) is 80.5 cm³/mol. The third-order valence-electron chi connectivity index (χ3n) is 3.60. The van der Waals surface area contributed by atoms with Crippen LogP contribution in [0.4, 0.5) is 4.79 Å². The number of amides is 1. The lowest BCUT2D eigenvalue weighted by Crippen LogP contribution is -2.43. The summed E-state index contributed by atoms with van der Waals surface area (Å²) in [6, 6.07) is 12.1. The summed E-state index contributed by atoms with van der Waals surface area (Å²) in [5.74, 6) is -0.00565. The maximum absolute atomic E-state index is 12.4. The SMILES string of the molecule is CC(C)(C)OC(=O)N1CCC(C#N)C[C@@H]1c1ccccc1. The van der Waals surface area contributed by atoms with Crippen LogP contribution in [0.2, 0.25) is 0 Å². The Kier molecular flexibility index (Phi) is 4.52. The zero-order chi connectivity index (χ0) is 15.5. The van der Waals surface area contributed by atoms with Crippen molar-refractivity contribution in [1.82, 2.24) is 4.90 Å². The van der Waals surface area contributed by atoms with E-state index in [4.69, 9.17) is 4.74 Å². The molecule has 1 aliphatic heterocycles. The standard InChI is InChI=1S/C17H22N2O2/c1-17(2,3)21-16(20)19-10-9-13(12-18)11-15(19)14-7-5-4-6-8-14/h4-8,13,15H,9-11H2,1-3H3/t13?,15-/m1/s1. The Morgan fingerprint density at radius 2 is 2.00 bits per heavy atom. The third kappa shape index (κ3) is 3.98. The molecule has 0 bridgehead atoms. The lowest BCUT2D eigenvalue weighted by Gasteiger charge is -2.38. The Bertz CT molecular complexity index is 528. The average molecular weight is 286 g/mol. The van der Waals surface area contributed by atoms with Crippen LogP contribution in [0, 0.1) is 17.2 Å². The van der Waals surface area contributed by atoms with Crippen LogP contribution in [0.5, 0.6) is 0 Å². The molecule has 0 radical (unpaired) electrons. The van der Waals surface area contributed by atoms with Crippen LogP contribution in [0.1, 0.15) is 45.2 Å². The van der Waals surface area contributed by atoms with E-state index < -0.39 is 5.60 Å². The van der Waals surface area contributed by atoms with E-state index >= 15 is 0 Å². The smallest absolute Gasteiger partial charge is 0.410 e. The van der Waals surface area contributed by atoms with Crippen LogP contribution in [-0.4, -0.2) is 23.1 Å². The average Bonchev–Trinajstić information content (AvgIpc) is 2.45. The van der Waals surface area contributed by atoms with Gasteiger partial charge in [-0.25, -0.2) is 4.79 Å². The number of hydrogen-bond donors (Lipinski definition) is 0. The zero-order valence-corrected chi connectivity index (χ0v) is 12.9. The number of nitrogens with zero attached hydrogens (tertiary/aromatic N) is 2. The molecule has 1 aliphatic rings. The van der Waals surface area contributed by atoms with Gasteiger partial charge < -0.3 is 9.64 Å². The summed E-state index contributed by atoms with van der Waals surface area (Å²) in [6.07, 6.45) is 1.08. The molecule has 1 fully saturated rings. The van der Waals surface area contributed by atoms with E-state index in [2.05, 4.69) is 6.07 Å². The zero-order valence-electron chi connectivity index (χ0n) is 12.9. The van der Waals surface area contributed by atoms with E-state index in [-0.39, 0.29) is 18.1 Å². The minimum Gasteiger partial charge on any atom is -0.444 e. The van der Waals surface area contributed by atoms with Crippen molar-refractivity contribution in [2.75, 3.05) is 6.54 Å². The van der Waals surface area contributed by atoms with Crippen LogP contribution in [-0.2, 0) is 4.74 Å². The lowest BCUT2D eigenvalue weighted by atomic mass is 9.88. The number of likely N-dealkylation sites (tertiary alicyclic amines) is 1. The second-order valence-electron chi connectivity index (χ2n) is 6.45. The number of carbonyl (C=O) groups is 1. The van der Waals surface area contributed by atoms with Gasteiger partial charge in [0.15, 0.2) is 0 Å². The fourth-order valence-corrected chi connectivity index (χ4v) is 2.61. The Labute approximate surface area is 126 Å². The molecule has 1 aromatic carbocycles. The Hall–Kier alpha value is -2.02. The summed E-state index contributed by atoms with van der Waals surface area (Å²) >= 11 is 0. The quantitative estimate of drug-likeness (QED) is 0.786. The second kappa shape index (κ2) is 6.17. The number of piperidine rings is 1. The van der Waals surface area contributed by atoms with Gasteiger partial charge in [-0.2, -0.15) is 5.26 Å². The summed E-state index contributed by atoms with van der Waals surface area (Å²) in [7, 11) is 0. The molecule has 1 unspecified atom stereocenters. The van der Waals surface area contributed by atoms with Gasteiger partial charge in [-0.1, -0.05) is 30.3 Å². The topological polar surface area (TPSA) is 53.3 Å². The molecule has 0 aliphatic carbocycles. The molecule has 2 atom stereocenters. The third-order valence-corrected chi connectivity index (χ3v) is 3.60. The molecule has 112 valence electrons. The van der Waals surface area contributed by atoms with Crippen molar-refractivity contribution >= 4 is 6.09 Å². The number of rotatable bonds is 1. The van der Waals surface area contributed by atoms with Crippen molar-refractivity contribution in [2.24, 2.45) is 5.92 Å². The molecular weight excluding hydrogens is 264 g/mol. The molecule has 4 heteroatoms. The highest BCUT2D eigenvalue weighted by atomic mass is 16.6. The maximum atomic E-state index is 12.4. The van der Waals surface area contributed by atoms with Crippen molar-refractivity contribution in [2.45, 2.75) is 45.3 Å². The molecule has 1 amide bonds. The van der Waals surface area contributed by atoms with Crippen molar-refractivity contribution in [1.29, 1.82) is 5.26 Å². The van der Waals surface area contributed by atoms with E-state index in [1.165, 1.54) is 0 Å². The van der Waals surface area contributed by atoms with E-state index in [0.717, 1.165) is 5.56 Å². The molecule has 21 heavy (non-hydrogen) atoms. The monoisotopic (exact) mass is 286 g/mol. The minimum absolute atomic E-state index is 0.00565. The summed E-state index contributed by atoms with van der Waals surface area (Å²) in [5.41, 5.74) is 0.549. The summed E-state index contributed by atoms with van der Waals surface area (Å²) in [6.45, 7) is 6.16. The molecule has 1 saturated heterocycles. The number of benzene rings is 1. The van der Waals surface area contributed by atoms with Gasteiger partial charge in [0.05, 0.1) is 18.0 Å². The van der Waals surface area contributed by atoms with Gasteiger partial charge in [0.25, 0.3) is 0 Å². The lowest BCUT2D eigenvalue weighted by molar-refractivity contribution is 0.00668. The number of nitriles is 1. The summed E-state index contributed by atoms with van der Waals surface area (Å²) in [4.78, 5) is 14.2. The number of ether oxygens (including phenoxy) is 1. The van der Waals surface area contributed by atoms with Gasteiger partial charge in [-0.15, -0.1) is 0 Å². The van der Waals surface area contributed by atoms with Crippen molar-refractivity contribution in [3.8, 4) is 6.07 Å². The van der Waals surface area contributed by atoms with Crippen LogP contribution in [0.3, 0.4) is 0 Å². The first-order valence-corrected chi connectivity index (χ1v) is 7.35. The Morgan fingerprint density at radius 1 is 1.33 bits per heavy atom. The van der Waals surface area contributed by atoms with E-state index in [9.17, 15) is 10.1 Å². The van der Waals surface area contributed by atoms with Gasteiger partial charge in [-0.05, 0) is 39.2 Å². The fourth-order valence-electron chi connectivity index (χ4n) is 2.61. The van der Waals surface area contributed by atoms with Crippen LogP contribution >= 0.6 is 0 Å². The summed E-state index contributed by atoms with van der Waals surface area (Å²) in [5, 5.41) is 9.18. The van der Waals surface area contributed by atoms with Gasteiger partial charge >= 0.3 is 6.09 Å². The van der Waals surface area contributed by atoms with Gasteiger partial charge in [0.2, 0.25) is 0 Å². The minimum atomic E-state index is -0.510. The van der Waals surface area contributed by atoms with Crippen molar-refractivity contribution < 1.29 is 9.53 Å². The van der Waals surface area contributed by atoms with Crippen LogP contribution in [0.15, 0.2) is 30.3 Å². The Balaban J connectivity index is 2.22. The molecule has 2 rings (SSSR count). The first-order chi connectivity index (χ1) is 9.90. The summed E-state index contributed by atoms with van der Waals surface area (Å²) < 4.78 is 5.50. The molecular formula is C17H22N2O2. The molecule has 0 aromatic heterocycles. The largest absolute Gasteiger partial charge is 0.444 e. The highest BCUT2D eigenvalue weighted by molar-refractivity contribution is 5.69. The molecule has 1 heterocycles. The van der Waals surface area contributed by atoms with Gasteiger partial charge in [0, 0.05) is 6.54 Å². The number of carbonyl (C=O) groups excluding carboxylic acids is 1. The van der Waals surface area contributed by atoms with E-state index in [0.29, 0.717) is 19.4 Å². The maximum Gasteiger partial charge on any atom is 0.410 e. The van der Waals surface area contributed by atoms with E-state index in [1.807, 2.05) is 51.1 Å². The highest BCUT2D eigenvalue weighted by Crippen LogP contribution is 2.34. The van der Waals surface area contributed by atoms with Crippen LogP contribution < -0.4 is 0 Å². The second-order valence-corrected chi connectivity index (χ2v) is 6.45. The number of hydrogen-bond acceptors (Lipinski definition) is 3. The predicted octanol–water partition coefficient (Wildman–Crippen LogP) is 3.90. The van der Waals surface area contributed by atoms with Crippen LogP contribution in [0.25, 0.3) is 0 Å². The first kappa shape index (κ1) is 15.4. The van der Waals surface area contributed by atoms with Gasteiger partial charge in [0.1, 0.15) is 5.60 Å². The van der Waals surface area contributed by atoms with Crippen molar-refractivity contribution in [3.63, 3.8) is 0 Å². The molecule has 0 saturated carbocycles. The van der Waals surface area contributed by atoms with E-state index in [1.54, 1.807) is 4.90 Å². The van der Waals surface area contributed by atoms with Gasteiger partial charge in [-0.3, -0.25) is 0 Å². The Morgan fingerprint density at radius 3 is 2.57 bits per heavy atom. The normalized spacial score (nSPS) is 22.5. The molecule has 4 nitrogen and oxygen atoms in total. The molecule has 0 N–H and O–H groups in total. The first-order valence-electron chi connectivity index (χ1n) is 7.35. The fraction of sp³-hybridized carbons (Fsp3) is 0.529.